The van der Waals surface area contributed by atoms with Crippen molar-refractivity contribution in [1.82, 2.24) is 4.98 Å². The number of pyridine rings is 1. The molecule has 0 saturated carbocycles. The van der Waals surface area contributed by atoms with Crippen molar-refractivity contribution in [2.75, 3.05) is 0 Å². The lowest BCUT2D eigenvalue weighted by atomic mass is 10.0. The minimum atomic E-state index is 0.380. The van der Waals surface area contributed by atoms with E-state index in [1.807, 2.05) is 31.2 Å². The van der Waals surface area contributed by atoms with E-state index < -0.39 is 0 Å². The number of benzene rings is 1. The number of hydrogen-bond donors (Lipinski definition) is 0. The molecule has 0 N–H and O–H groups in total. The second kappa shape index (κ2) is 6.59. The van der Waals surface area contributed by atoms with E-state index in [9.17, 15) is 0 Å². The number of aryl methyl sites for hydroxylation is 1. The molecule has 1 aromatic carbocycles. The second-order valence-electron chi connectivity index (χ2n) is 4.97. The van der Waals surface area contributed by atoms with Crippen molar-refractivity contribution in [3.8, 4) is 11.6 Å². The molecule has 0 unspecified atom stereocenters. The van der Waals surface area contributed by atoms with Crippen molar-refractivity contribution in [3.63, 3.8) is 0 Å². The van der Waals surface area contributed by atoms with E-state index in [0.717, 1.165) is 27.0 Å². The summed E-state index contributed by atoms with van der Waals surface area (Å²) in [4.78, 5) is 4.44. The van der Waals surface area contributed by atoms with Crippen LogP contribution in [0.5, 0.6) is 11.6 Å². The lowest BCUT2D eigenvalue weighted by molar-refractivity contribution is 0.453. The highest BCUT2D eigenvalue weighted by Gasteiger charge is 2.11. The summed E-state index contributed by atoms with van der Waals surface area (Å²) >= 11 is 9.34. The highest BCUT2D eigenvalue weighted by molar-refractivity contribution is 9.10. The molecule has 1 aromatic heterocycles. The van der Waals surface area contributed by atoms with Gasteiger partial charge in [0, 0.05) is 22.1 Å². The summed E-state index contributed by atoms with van der Waals surface area (Å²) in [5.41, 5.74) is 3.08. The molecular formula is C16H17BrClNO. The Kier molecular flexibility index (Phi) is 5.06. The predicted molar refractivity (Wildman–Crippen MR) is 86.8 cm³/mol. The number of hydrogen-bond acceptors (Lipinski definition) is 2. The van der Waals surface area contributed by atoms with Crippen LogP contribution in [-0.4, -0.2) is 4.98 Å². The first-order chi connectivity index (χ1) is 9.51. The predicted octanol–water partition coefficient (Wildman–Crippen LogP) is 5.81. The summed E-state index contributed by atoms with van der Waals surface area (Å²) in [6.07, 6.45) is 0. The minimum absolute atomic E-state index is 0.380. The molecule has 2 aromatic rings. The van der Waals surface area contributed by atoms with Gasteiger partial charge in [-0.15, -0.1) is 11.6 Å². The Balaban J connectivity index is 2.32. The molecular weight excluding hydrogens is 338 g/mol. The molecule has 2 nitrogen and oxygen atoms in total. The summed E-state index contributed by atoms with van der Waals surface area (Å²) in [5.74, 6) is 2.29. The Morgan fingerprint density at radius 1 is 1.25 bits per heavy atom. The molecule has 2 rings (SSSR count). The van der Waals surface area contributed by atoms with Gasteiger partial charge in [0.25, 0.3) is 0 Å². The molecule has 20 heavy (non-hydrogen) atoms. The maximum atomic E-state index is 5.93. The number of aromatic nitrogens is 1. The zero-order chi connectivity index (χ0) is 14.7. The molecule has 4 heteroatoms. The molecule has 0 aliphatic rings. The number of alkyl halides is 1. The molecule has 0 radical (unpaired) electrons. The third kappa shape index (κ3) is 3.53. The fourth-order valence-electron chi connectivity index (χ4n) is 1.94. The van der Waals surface area contributed by atoms with Gasteiger partial charge in [-0.3, -0.25) is 0 Å². The Morgan fingerprint density at radius 2 is 2.00 bits per heavy atom. The molecule has 1 heterocycles. The van der Waals surface area contributed by atoms with Crippen LogP contribution in [0.3, 0.4) is 0 Å². The van der Waals surface area contributed by atoms with Gasteiger partial charge in [-0.2, -0.15) is 0 Å². The summed E-state index contributed by atoms with van der Waals surface area (Å²) < 4.78 is 6.98. The normalized spacial score (nSPS) is 10.9. The van der Waals surface area contributed by atoms with E-state index in [4.69, 9.17) is 16.3 Å². The molecule has 0 spiro atoms. The third-order valence-electron chi connectivity index (χ3n) is 3.12. The van der Waals surface area contributed by atoms with E-state index in [1.165, 1.54) is 0 Å². The summed E-state index contributed by atoms with van der Waals surface area (Å²) in [5, 5.41) is 0. The van der Waals surface area contributed by atoms with Crippen LogP contribution in [0.25, 0.3) is 0 Å². The number of ether oxygens (including phenoxy) is 1. The van der Waals surface area contributed by atoms with Gasteiger partial charge in [0.05, 0.1) is 0 Å². The van der Waals surface area contributed by atoms with Crippen LogP contribution in [0, 0.1) is 6.92 Å². The summed E-state index contributed by atoms with van der Waals surface area (Å²) in [6, 6.07) is 9.84. The Morgan fingerprint density at radius 3 is 2.60 bits per heavy atom. The highest BCUT2D eigenvalue weighted by Crippen LogP contribution is 2.32. The first kappa shape index (κ1) is 15.3. The lowest BCUT2D eigenvalue weighted by Gasteiger charge is -2.14. The third-order valence-corrected chi connectivity index (χ3v) is 3.90. The van der Waals surface area contributed by atoms with Crippen LogP contribution < -0.4 is 4.74 Å². The molecule has 106 valence electrons. The largest absolute Gasteiger partial charge is 0.439 e. The van der Waals surface area contributed by atoms with Crippen LogP contribution in [0.1, 0.15) is 36.6 Å². The number of halogens is 2. The van der Waals surface area contributed by atoms with Gasteiger partial charge < -0.3 is 4.74 Å². The van der Waals surface area contributed by atoms with Gasteiger partial charge >= 0.3 is 0 Å². The average Bonchev–Trinajstić information content (AvgIpc) is 2.41. The van der Waals surface area contributed by atoms with Crippen LogP contribution in [0.2, 0.25) is 0 Å². The topological polar surface area (TPSA) is 22.1 Å². The van der Waals surface area contributed by atoms with E-state index in [2.05, 4.69) is 40.8 Å². The number of rotatable bonds is 4. The van der Waals surface area contributed by atoms with Crippen molar-refractivity contribution in [3.05, 3.63) is 51.6 Å². The maximum Gasteiger partial charge on any atom is 0.219 e. The summed E-state index contributed by atoms with van der Waals surface area (Å²) in [7, 11) is 0. The SMILES string of the molecule is Cc1nc(Oc2ccc(Br)cc2C(C)C)ccc1CCl. The Bertz CT molecular complexity index is 613. The van der Waals surface area contributed by atoms with Gasteiger partial charge in [-0.05, 0) is 42.2 Å². The van der Waals surface area contributed by atoms with Crippen molar-refractivity contribution in [2.24, 2.45) is 0 Å². The standard InChI is InChI=1S/C16H17BrClNO/c1-10(2)14-8-13(17)5-6-15(14)20-16-7-4-12(9-18)11(3)19-16/h4-8,10H,9H2,1-3H3. The van der Waals surface area contributed by atoms with Crippen molar-refractivity contribution in [2.45, 2.75) is 32.6 Å². The van der Waals surface area contributed by atoms with Gasteiger partial charge in [-0.25, -0.2) is 4.98 Å². The molecule has 0 bridgehead atoms. The summed E-state index contributed by atoms with van der Waals surface area (Å²) in [6.45, 7) is 6.23. The van der Waals surface area contributed by atoms with Crippen molar-refractivity contribution in [1.29, 1.82) is 0 Å². The monoisotopic (exact) mass is 353 g/mol. The molecule has 0 aliphatic carbocycles. The van der Waals surface area contributed by atoms with E-state index in [1.54, 1.807) is 0 Å². The van der Waals surface area contributed by atoms with Crippen molar-refractivity contribution < 1.29 is 4.74 Å². The smallest absolute Gasteiger partial charge is 0.219 e. The second-order valence-corrected chi connectivity index (χ2v) is 6.15. The average molecular weight is 355 g/mol. The van der Waals surface area contributed by atoms with Crippen LogP contribution in [0.15, 0.2) is 34.8 Å². The highest BCUT2D eigenvalue weighted by atomic mass is 79.9. The fraction of sp³-hybridized carbons (Fsp3) is 0.312. The van der Waals surface area contributed by atoms with Crippen LogP contribution in [-0.2, 0) is 5.88 Å². The van der Waals surface area contributed by atoms with Crippen LogP contribution in [0.4, 0.5) is 0 Å². The molecule has 0 amide bonds. The Hall–Kier alpha value is -1.06. The maximum absolute atomic E-state index is 5.93. The molecule has 0 atom stereocenters. The number of nitrogens with zero attached hydrogens (tertiary/aromatic N) is 1. The van der Waals surface area contributed by atoms with Gasteiger partial charge in [0.1, 0.15) is 5.75 Å². The fourth-order valence-corrected chi connectivity index (χ4v) is 2.60. The Labute approximate surface area is 133 Å². The van der Waals surface area contributed by atoms with Crippen LogP contribution >= 0.6 is 27.5 Å². The van der Waals surface area contributed by atoms with Gasteiger partial charge in [0.15, 0.2) is 0 Å². The zero-order valence-corrected chi connectivity index (χ0v) is 14.1. The van der Waals surface area contributed by atoms with E-state index >= 15 is 0 Å². The molecule has 0 aliphatic heterocycles. The quantitative estimate of drug-likeness (QED) is 0.647. The van der Waals surface area contributed by atoms with E-state index in [0.29, 0.717) is 17.7 Å². The van der Waals surface area contributed by atoms with Gasteiger partial charge in [0.2, 0.25) is 5.88 Å². The molecule has 0 fully saturated rings. The molecule has 0 saturated heterocycles. The first-order valence-corrected chi connectivity index (χ1v) is 7.83. The van der Waals surface area contributed by atoms with Crippen molar-refractivity contribution >= 4 is 27.5 Å². The lowest BCUT2D eigenvalue weighted by Crippen LogP contribution is -1.97. The van der Waals surface area contributed by atoms with Gasteiger partial charge in [-0.1, -0.05) is 35.8 Å². The van der Waals surface area contributed by atoms with E-state index in [-0.39, 0.29) is 0 Å². The minimum Gasteiger partial charge on any atom is -0.439 e. The zero-order valence-electron chi connectivity index (χ0n) is 11.8. The first-order valence-electron chi connectivity index (χ1n) is 6.51.